The fourth-order valence-corrected chi connectivity index (χ4v) is 4.29. The van der Waals surface area contributed by atoms with E-state index in [4.69, 9.17) is 11.6 Å². The first kappa shape index (κ1) is 13.9. The average molecular weight is 313 g/mol. The lowest BCUT2D eigenvalue weighted by Gasteiger charge is -2.37. The van der Waals surface area contributed by atoms with Gasteiger partial charge in [-0.3, -0.25) is 9.59 Å². The highest BCUT2D eigenvalue weighted by atomic mass is 35.5. The van der Waals surface area contributed by atoms with Crippen molar-refractivity contribution in [1.29, 1.82) is 0 Å². The molecular formula is C14H17ClN2O2S. The van der Waals surface area contributed by atoms with E-state index in [0.717, 1.165) is 25.8 Å². The number of hydrogen-bond donors (Lipinski definition) is 0. The van der Waals surface area contributed by atoms with Crippen molar-refractivity contribution < 1.29 is 9.59 Å². The summed E-state index contributed by atoms with van der Waals surface area (Å²) < 4.78 is 0.621. The third kappa shape index (κ3) is 2.23. The van der Waals surface area contributed by atoms with Gasteiger partial charge in [0.25, 0.3) is 5.91 Å². The van der Waals surface area contributed by atoms with Gasteiger partial charge in [0.15, 0.2) is 0 Å². The fraction of sp³-hybridized carbons (Fsp3) is 0.571. The number of amides is 2. The molecule has 0 radical (unpaired) electrons. The monoisotopic (exact) mass is 312 g/mol. The summed E-state index contributed by atoms with van der Waals surface area (Å²) >= 11 is 7.18. The summed E-state index contributed by atoms with van der Waals surface area (Å²) in [6.07, 6.45) is 2.70. The van der Waals surface area contributed by atoms with Gasteiger partial charge in [-0.15, -0.1) is 11.3 Å². The van der Waals surface area contributed by atoms with Gasteiger partial charge < -0.3 is 9.80 Å². The Hall–Kier alpha value is -1.07. The SMILES string of the molecule is CN1CCC[C@]2(CCN(C(=O)c3ccc(Cl)s3)C2)C1=O. The van der Waals surface area contributed by atoms with Crippen molar-refractivity contribution in [1.82, 2.24) is 9.80 Å². The number of carbonyl (C=O) groups excluding carboxylic acids is 2. The highest BCUT2D eigenvalue weighted by Gasteiger charge is 2.48. The van der Waals surface area contributed by atoms with E-state index in [9.17, 15) is 9.59 Å². The van der Waals surface area contributed by atoms with Crippen LogP contribution in [0.2, 0.25) is 4.34 Å². The fourth-order valence-electron chi connectivity index (χ4n) is 3.28. The molecule has 1 atom stereocenters. The van der Waals surface area contributed by atoms with Crippen LogP contribution in [0.25, 0.3) is 0 Å². The molecule has 2 aliphatic heterocycles. The highest BCUT2D eigenvalue weighted by Crippen LogP contribution is 2.40. The summed E-state index contributed by atoms with van der Waals surface area (Å²) in [5.74, 6) is 0.197. The van der Waals surface area contributed by atoms with Gasteiger partial charge in [0.05, 0.1) is 14.6 Å². The Bertz CT molecular complexity index is 559. The molecule has 3 rings (SSSR count). The number of carbonyl (C=O) groups is 2. The van der Waals surface area contributed by atoms with Crippen LogP contribution in [0.4, 0.5) is 0 Å². The van der Waals surface area contributed by atoms with Crippen molar-refractivity contribution in [2.24, 2.45) is 5.41 Å². The van der Waals surface area contributed by atoms with E-state index in [1.165, 1.54) is 11.3 Å². The zero-order chi connectivity index (χ0) is 14.3. The van der Waals surface area contributed by atoms with E-state index in [0.29, 0.717) is 22.3 Å². The van der Waals surface area contributed by atoms with Crippen LogP contribution in [0.1, 0.15) is 28.9 Å². The first-order chi connectivity index (χ1) is 9.52. The van der Waals surface area contributed by atoms with Crippen molar-refractivity contribution in [3.63, 3.8) is 0 Å². The second-order valence-electron chi connectivity index (χ2n) is 5.69. The molecule has 6 heteroatoms. The van der Waals surface area contributed by atoms with Gasteiger partial charge in [0.2, 0.25) is 5.91 Å². The van der Waals surface area contributed by atoms with Crippen LogP contribution in [-0.4, -0.2) is 48.3 Å². The maximum atomic E-state index is 12.4. The molecule has 2 amide bonds. The maximum Gasteiger partial charge on any atom is 0.264 e. The van der Waals surface area contributed by atoms with Crippen LogP contribution in [0.3, 0.4) is 0 Å². The predicted molar refractivity (Wildman–Crippen MR) is 79.2 cm³/mol. The molecule has 0 saturated carbocycles. The van der Waals surface area contributed by atoms with E-state index < -0.39 is 0 Å². The molecule has 20 heavy (non-hydrogen) atoms. The average Bonchev–Trinajstić information content (AvgIpc) is 3.03. The third-order valence-electron chi connectivity index (χ3n) is 4.37. The number of likely N-dealkylation sites (tertiary alicyclic amines) is 2. The van der Waals surface area contributed by atoms with Gasteiger partial charge in [-0.2, -0.15) is 0 Å². The molecule has 0 bridgehead atoms. The van der Waals surface area contributed by atoms with Crippen LogP contribution in [0.5, 0.6) is 0 Å². The van der Waals surface area contributed by atoms with E-state index >= 15 is 0 Å². The minimum Gasteiger partial charge on any atom is -0.345 e. The Balaban J connectivity index is 1.76. The van der Waals surface area contributed by atoms with Crippen LogP contribution in [0, 0.1) is 5.41 Å². The lowest BCUT2D eigenvalue weighted by Crippen LogP contribution is -2.48. The molecule has 108 valence electrons. The van der Waals surface area contributed by atoms with Crippen LogP contribution in [-0.2, 0) is 4.79 Å². The summed E-state index contributed by atoms with van der Waals surface area (Å²) in [5.41, 5.74) is -0.344. The van der Waals surface area contributed by atoms with Gasteiger partial charge >= 0.3 is 0 Å². The van der Waals surface area contributed by atoms with Crippen molar-refractivity contribution in [2.75, 3.05) is 26.7 Å². The quantitative estimate of drug-likeness (QED) is 0.799. The van der Waals surface area contributed by atoms with Gasteiger partial charge in [0.1, 0.15) is 0 Å². The number of halogens is 1. The predicted octanol–water partition coefficient (Wildman–Crippen LogP) is 2.49. The summed E-state index contributed by atoms with van der Waals surface area (Å²) in [6, 6.07) is 3.50. The molecule has 2 aliphatic rings. The summed E-state index contributed by atoms with van der Waals surface area (Å²) in [5, 5.41) is 0. The van der Waals surface area contributed by atoms with Crippen LogP contribution >= 0.6 is 22.9 Å². The van der Waals surface area contributed by atoms with Gasteiger partial charge in [-0.05, 0) is 31.4 Å². The Morgan fingerprint density at radius 1 is 1.35 bits per heavy atom. The minimum absolute atomic E-state index is 0.000184. The maximum absolute atomic E-state index is 12.4. The van der Waals surface area contributed by atoms with Crippen molar-refractivity contribution in [3.8, 4) is 0 Å². The van der Waals surface area contributed by atoms with E-state index in [2.05, 4.69) is 0 Å². The van der Waals surface area contributed by atoms with Gasteiger partial charge in [-0.25, -0.2) is 0 Å². The molecule has 1 aromatic rings. The standard InChI is InChI=1S/C14H17ClN2O2S/c1-16-7-2-5-14(13(16)19)6-8-17(9-14)12(18)10-3-4-11(15)20-10/h3-4H,2,5-9H2,1H3/t14-/m1/s1. The van der Waals surface area contributed by atoms with Gasteiger partial charge in [0, 0.05) is 26.7 Å². The molecule has 1 aromatic heterocycles. The summed E-state index contributed by atoms with van der Waals surface area (Å²) in [7, 11) is 1.85. The zero-order valence-electron chi connectivity index (χ0n) is 11.4. The highest BCUT2D eigenvalue weighted by molar-refractivity contribution is 7.17. The number of rotatable bonds is 1. The Morgan fingerprint density at radius 2 is 2.15 bits per heavy atom. The molecule has 0 N–H and O–H groups in total. The number of thiophene rings is 1. The molecule has 4 nitrogen and oxygen atoms in total. The first-order valence-corrected chi connectivity index (χ1v) is 8.01. The summed E-state index contributed by atoms with van der Waals surface area (Å²) in [6.45, 7) is 2.04. The zero-order valence-corrected chi connectivity index (χ0v) is 13.0. The lowest BCUT2D eigenvalue weighted by atomic mass is 9.78. The van der Waals surface area contributed by atoms with Crippen LogP contribution in [0.15, 0.2) is 12.1 Å². The Kier molecular flexibility index (Phi) is 3.50. The van der Waals surface area contributed by atoms with Crippen molar-refractivity contribution >= 4 is 34.8 Å². The number of nitrogens with zero attached hydrogens (tertiary/aromatic N) is 2. The Morgan fingerprint density at radius 3 is 2.85 bits per heavy atom. The second kappa shape index (κ2) is 5.04. The lowest BCUT2D eigenvalue weighted by molar-refractivity contribution is -0.143. The molecular weight excluding hydrogens is 296 g/mol. The van der Waals surface area contributed by atoms with Crippen LogP contribution < -0.4 is 0 Å². The molecule has 0 aliphatic carbocycles. The molecule has 1 spiro atoms. The molecule has 3 heterocycles. The van der Waals surface area contributed by atoms with E-state index in [1.54, 1.807) is 21.9 Å². The number of hydrogen-bond acceptors (Lipinski definition) is 3. The number of piperidine rings is 1. The van der Waals surface area contributed by atoms with Gasteiger partial charge in [-0.1, -0.05) is 11.6 Å². The summed E-state index contributed by atoms with van der Waals surface area (Å²) in [4.78, 5) is 29.1. The first-order valence-electron chi connectivity index (χ1n) is 6.82. The molecule has 2 saturated heterocycles. The Labute approximate surface area is 127 Å². The second-order valence-corrected chi connectivity index (χ2v) is 7.41. The third-order valence-corrected chi connectivity index (χ3v) is 5.59. The smallest absolute Gasteiger partial charge is 0.264 e. The molecule has 0 unspecified atom stereocenters. The van der Waals surface area contributed by atoms with Crippen molar-refractivity contribution in [2.45, 2.75) is 19.3 Å². The van der Waals surface area contributed by atoms with Crippen molar-refractivity contribution in [3.05, 3.63) is 21.3 Å². The minimum atomic E-state index is -0.344. The normalized spacial score (nSPS) is 26.6. The topological polar surface area (TPSA) is 40.6 Å². The molecule has 2 fully saturated rings. The molecule has 0 aromatic carbocycles. The van der Waals surface area contributed by atoms with E-state index in [1.807, 2.05) is 7.05 Å². The largest absolute Gasteiger partial charge is 0.345 e. The van der Waals surface area contributed by atoms with E-state index in [-0.39, 0.29) is 17.2 Å².